The zero-order chi connectivity index (χ0) is 22.6. The second kappa shape index (κ2) is 9.05. The zero-order valence-electron chi connectivity index (χ0n) is 16.7. The standard InChI is InChI=1S/C24H18F3N3O2/c25-24(26,27)19-13-11-18(12-14-19)22(31)28-20(15-16-7-3-1-4-8-16)23-29-21(30-32-23)17-9-5-2-6-10-17/h1-14,20H,15H2,(H,28,31)/t20-/m1/s1. The molecule has 1 atom stereocenters. The second-order valence-electron chi connectivity index (χ2n) is 7.11. The number of benzene rings is 3. The highest BCUT2D eigenvalue weighted by Gasteiger charge is 2.30. The van der Waals surface area contributed by atoms with Crippen molar-refractivity contribution in [3.63, 3.8) is 0 Å². The largest absolute Gasteiger partial charge is 0.416 e. The minimum absolute atomic E-state index is 0.0962. The van der Waals surface area contributed by atoms with Crippen molar-refractivity contribution in [1.82, 2.24) is 15.5 Å². The van der Waals surface area contributed by atoms with E-state index in [2.05, 4.69) is 15.5 Å². The molecular weight excluding hydrogens is 419 g/mol. The third-order valence-corrected chi connectivity index (χ3v) is 4.83. The normalized spacial score (nSPS) is 12.3. The molecule has 0 unspecified atom stereocenters. The Bertz CT molecular complexity index is 1170. The monoisotopic (exact) mass is 437 g/mol. The first-order chi connectivity index (χ1) is 15.4. The average molecular weight is 437 g/mol. The molecule has 1 amide bonds. The summed E-state index contributed by atoms with van der Waals surface area (Å²) in [6, 6.07) is 22.0. The number of rotatable bonds is 6. The fourth-order valence-electron chi connectivity index (χ4n) is 3.18. The number of halogens is 3. The van der Waals surface area contributed by atoms with Gasteiger partial charge in [-0.15, -0.1) is 0 Å². The summed E-state index contributed by atoms with van der Waals surface area (Å²) in [6.45, 7) is 0. The van der Waals surface area contributed by atoms with Crippen LogP contribution in [0.25, 0.3) is 11.4 Å². The van der Waals surface area contributed by atoms with Gasteiger partial charge in [0.2, 0.25) is 11.7 Å². The predicted octanol–water partition coefficient (Wildman–Crippen LogP) is 5.47. The van der Waals surface area contributed by atoms with Crippen LogP contribution in [-0.2, 0) is 12.6 Å². The van der Waals surface area contributed by atoms with E-state index in [4.69, 9.17) is 4.52 Å². The van der Waals surface area contributed by atoms with E-state index >= 15 is 0 Å². The Kier molecular flexibility index (Phi) is 6.02. The lowest BCUT2D eigenvalue weighted by Crippen LogP contribution is -2.30. The number of hydrogen-bond donors (Lipinski definition) is 1. The molecule has 4 aromatic rings. The lowest BCUT2D eigenvalue weighted by Gasteiger charge is -2.16. The van der Waals surface area contributed by atoms with E-state index in [1.165, 1.54) is 0 Å². The molecule has 0 aliphatic rings. The fourth-order valence-corrected chi connectivity index (χ4v) is 3.18. The van der Waals surface area contributed by atoms with E-state index in [0.29, 0.717) is 12.2 Å². The average Bonchev–Trinajstić information content (AvgIpc) is 3.30. The molecule has 1 aromatic heterocycles. The van der Waals surface area contributed by atoms with Gasteiger partial charge in [0.05, 0.1) is 5.56 Å². The first-order valence-electron chi connectivity index (χ1n) is 9.81. The molecule has 8 heteroatoms. The number of amides is 1. The highest BCUT2D eigenvalue weighted by atomic mass is 19.4. The third-order valence-electron chi connectivity index (χ3n) is 4.83. The first-order valence-corrected chi connectivity index (χ1v) is 9.81. The number of hydrogen-bond acceptors (Lipinski definition) is 4. The van der Waals surface area contributed by atoms with Gasteiger partial charge in [0.15, 0.2) is 0 Å². The summed E-state index contributed by atoms with van der Waals surface area (Å²) >= 11 is 0. The molecular formula is C24H18F3N3O2. The van der Waals surface area contributed by atoms with Crippen molar-refractivity contribution in [2.45, 2.75) is 18.6 Å². The molecule has 1 N–H and O–H groups in total. The van der Waals surface area contributed by atoms with Gasteiger partial charge in [-0.3, -0.25) is 4.79 Å². The van der Waals surface area contributed by atoms with E-state index in [0.717, 1.165) is 35.4 Å². The lowest BCUT2D eigenvalue weighted by atomic mass is 10.0. The van der Waals surface area contributed by atoms with E-state index < -0.39 is 23.7 Å². The van der Waals surface area contributed by atoms with Crippen molar-refractivity contribution in [1.29, 1.82) is 0 Å². The Balaban J connectivity index is 1.59. The number of alkyl halides is 3. The van der Waals surface area contributed by atoms with Crippen LogP contribution in [0.15, 0.2) is 89.5 Å². The highest BCUT2D eigenvalue weighted by molar-refractivity contribution is 5.94. The van der Waals surface area contributed by atoms with Gasteiger partial charge in [-0.25, -0.2) is 0 Å². The number of carbonyl (C=O) groups excluding carboxylic acids is 1. The highest BCUT2D eigenvalue weighted by Crippen LogP contribution is 2.29. The van der Waals surface area contributed by atoms with Gasteiger partial charge >= 0.3 is 6.18 Å². The maximum Gasteiger partial charge on any atom is 0.416 e. The second-order valence-corrected chi connectivity index (χ2v) is 7.11. The van der Waals surface area contributed by atoms with E-state index in [9.17, 15) is 18.0 Å². The SMILES string of the molecule is O=C(N[C@H](Cc1ccccc1)c1nc(-c2ccccc2)no1)c1ccc(C(F)(F)F)cc1. The molecule has 0 aliphatic carbocycles. The van der Waals surface area contributed by atoms with Crippen LogP contribution in [0.3, 0.4) is 0 Å². The molecule has 0 radical (unpaired) electrons. The number of nitrogens with one attached hydrogen (secondary N) is 1. The quantitative estimate of drug-likeness (QED) is 0.434. The Morgan fingerprint density at radius 2 is 1.53 bits per heavy atom. The molecule has 162 valence electrons. The van der Waals surface area contributed by atoms with Crippen molar-refractivity contribution in [3.8, 4) is 11.4 Å². The van der Waals surface area contributed by atoms with Crippen LogP contribution < -0.4 is 5.32 Å². The van der Waals surface area contributed by atoms with Gasteiger partial charge in [-0.05, 0) is 29.8 Å². The van der Waals surface area contributed by atoms with Gasteiger partial charge in [0.1, 0.15) is 6.04 Å². The summed E-state index contributed by atoms with van der Waals surface area (Å²) in [5.41, 5.74) is 0.956. The summed E-state index contributed by atoms with van der Waals surface area (Å²) in [5.74, 6) is 0.0366. The molecule has 0 saturated heterocycles. The van der Waals surface area contributed by atoms with Crippen LogP contribution in [0, 0.1) is 0 Å². The Morgan fingerprint density at radius 1 is 0.906 bits per heavy atom. The molecule has 32 heavy (non-hydrogen) atoms. The Morgan fingerprint density at radius 3 is 2.16 bits per heavy atom. The van der Waals surface area contributed by atoms with Crippen LogP contribution in [-0.4, -0.2) is 16.0 Å². The van der Waals surface area contributed by atoms with Crippen molar-refractivity contribution in [2.75, 3.05) is 0 Å². The van der Waals surface area contributed by atoms with Gasteiger partial charge < -0.3 is 9.84 Å². The van der Waals surface area contributed by atoms with Crippen molar-refractivity contribution < 1.29 is 22.5 Å². The zero-order valence-corrected chi connectivity index (χ0v) is 16.7. The summed E-state index contributed by atoms with van der Waals surface area (Å²) in [5, 5.41) is 6.81. The minimum Gasteiger partial charge on any atom is -0.340 e. The van der Waals surface area contributed by atoms with Gasteiger partial charge in [-0.2, -0.15) is 18.2 Å². The number of nitrogens with zero attached hydrogens (tertiary/aromatic N) is 2. The maximum atomic E-state index is 12.8. The molecule has 0 fully saturated rings. The summed E-state index contributed by atoms with van der Waals surface area (Å²) in [6.07, 6.45) is -4.11. The fraction of sp³-hybridized carbons (Fsp3) is 0.125. The Labute approximate surface area is 181 Å². The molecule has 0 bridgehead atoms. The number of aromatic nitrogens is 2. The number of carbonyl (C=O) groups is 1. The topological polar surface area (TPSA) is 68.0 Å². The van der Waals surface area contributed by atoms with Crippen LogP contribution in [0.1, 0.15) is 33.4 Å². The van der Waals surface area contributed by atoms with Crippen LogP contribution in [0.2, 0.25) is 0 Å². The molecule has 0 spiro atoms. The molecule has 0 aliphatic heterocycles. The molecule has 3 aromatic carbocycles. The van der Waals surface area contributed by atoms with Crippen LogP contribution >= 0.6 is 0 Å². The van der Waals surface area contributed by atoms with E-state index in [-0.39, 0.29) is 11.5 Å². The molecule has 1 heterocycles. The summed E-state index contributed by atoms with van der Waals surface area (Å²) in [4.78, 5) is 17.2. The van der Waals surface area contributed by atoms with Gasteiger partial charge in [0.25, 0.3) is 5.91 Å². The van der Waals surface area contributed by atoms with Crippen molar-refractivity contribution in [2.24, 2.45) is 0 Å². The van der Waals surface area contributed by atoms with Crippen molar-refractivity contribution in [3.05, 3.63) is 108 Å². The van der Waals surface area contributed by atoms with Gasteiger partial charge in [-0.1, -0.05) is 65.8 Å². The van der Waals surface area contributed by atoms with E-state index in [1.54, 1.807) is 0 Å². The third kappa shape index (κ3) is 5.03. The smallest absolute Gasteiger partial charge is 0.340 e. The van der Waals surface area contributed by atoms with E-state index in [1.807, 2.05) is 60.7 Å². The summed E-state index contributed by atoms with van der Waals surface area (Å²) in [7, 11) is 0. The molecule has 5 nitrogen and oxygen atoms in total. The maximum absolute atomic E-state index is 12.8. The Hall–Kier alpha value is -3.94. The first kappa shape index (κ1) is 21.3. The predicted molar refractivity (Wildman–Crippen MR) is 112 cm³/mol. The van der Waals surface area contributed by atoms with Crippen LogP contribution in [0.5, 0.6) is 0 Å². The minimum atomic E-state index is -4.47. The van der Waals surface area contributed by atoms with Crippen LogP contribution in [0.4, 0.5) is 13.2 Å². The summed E-state index contributed by atoms with van der Waals surface area (Å²) < 4.78 is 43.9. The lowest BCUT2D eigenvalue weighted by molar-refractivity contribution is -0.137. The molecule has 0 saturated carbocycles. The van der Waals surface area contributed by atoms with Gasteiger partial charge in [0, 0.05) is 17.5 Å². The molecule has 4 rings (SSSR count). The van der Waals surface area contributed by atoms with Crippen molar-refractivity contribution >= 4 is 5.91 Å².